The molecule has 4 aromatic rings. The highest BCUT2D eigenvalue weighted by molar-refractivity contribution is 7.15. The van der Waals surface area contributed by atoms with Gasteiger partial charge >= 0.3 is 0 Å². The van der Waals surface area contributed by atoms with Gasteiger partial charge in [0.15, 0.2) is 17.3 Å². The zero-order chi connectivity index (χ0) is 20.4. The largest absolute Gasteiger partial charge is 0.493 e. The minimum Gasteiger partial charge on any atom is -0.493 e. The summed E-state index contributed by atoms with van der Waals surface area (Å²) in [6.07, 6.45) is 4.32. The maximum atomic E-state index is 12.7. The molecule has 0 aliphatic heterocycles. The van der Waals surface area contributed by atoms with E-state index in [1.54, 1.807) is 31.6 Å². The van der Waals surface area contributed by atoms with Gasteiger partial charge in [-0.2, -0.15) is 9.50 Å². The average molecular weight is 411 g/mol. The van der Waals surface area contributed by atoms with Crippen molar-refractivity contribution in [3.63, 3.8) is 0 Å². The first-order chi connectivity index (χ1) is 14.0. The first-order valence-corrected chi connectivity index (χ1v) is 10.1. The molecule has 1 aromatic carbocycles. The van der Waals surface area contributed by atoms with E-state index >= 15 is 0 Å². The Labute approximate surface area is 171 Å². The van der Waals surface area contributed by atoms with Crippen LogP contribution in [0.3, 0.4) is 0 Å². The summed E-state index contributed by atoms with van der Waals surface area (Å²) >= 11 is 1.28. The molecule has 0 N–H and O–H groups in total. The van der Waals surface area contributed by atoms with Crippen LogP contribution in [-0.4, -0.2) is 28.3 Å². The first-order valence-electron chi connectivity index (χ1n) is 9.31. The van der Waals surface area contributed by atoms with Gasteiger partial charge in [0.25, 0.3) is 5.56 Å². The van der Waals surface area contributed by atoms with Crippen molar-refractivity contribution in [2.75, 3.05) is 13.7 Å². The second kappa shape index (κ2) is 8.08. The van der Waals surface area contributed by atoms with Gasteiger partial charge < -0.3 is 13.9 Å². The fraction of sp³-hybridized carbons (Fsp3) is 0.286. The number of methoxy groups -OCH3 is 1. The van der Waals surface area contributed by atoms with E-state index < -0.39 is 0 Å². The Morgan fingerprint density at radius 2 is 2.14 bits per heavy atom. The molecule has 3 aromatic heterocycles. The van der Waals surface area contributed by atoms with Gasteiger partial charge in [0, 0.05) is 0 Å². The molecule has 0 bridgehead atoms. The smallest absolute Gasteiger partial charge is 0.291 e. The Morgan fingerprint density at radius 3 is 2.83 bits per heavy atom. The number of aromatic nitrogens is 3. The fourth-order valence-electron chi connectivity index (χ4n) is 2.79. The summed E-state index contributed by atoms with van der Waals surface area (Å²) in [5.41, 5.74) is 0.623. The molecular formula is C21H21N3O4S. The van der Waals surface area contributed by atoms with Crippen molar-refractivity contribution in [2.45, 2.75) is 20.3 Å². The molecule has 7 nitrogen and oxygen atoms in total. The van der Waals surface area contributed by atoms with E-state index in [9.17, 15) is 4.79 Å². The second-order valence-corrected chi connectivity index (χ2v) is 7.97. The number of nitrogens with zero attached hydrogens (tertiary/aromatic N) is 3. The Bertz CT molecular complexity index is 1230. The third kappa shape index (κ3) is 4.02. The van der Waals surface area contributed by atoms with E-state index in [1.807, 2.05) is 18.2 Å². The molecule has 150 valence electrons. The number of furan rings is 1. The molecule has 0 radical (unpaired) electrons. The van der Waals surface area contributed by atoms with Crippen molar-refractivity contribution >= 4 is 22.4 Å². The number of rotatable bonds is 7. The third-order valence-corrected chi connectivity index (χ3v) is 5.32. The highest BCUT2D eigenvalue weighted by atomic mass is 32.1. The monoisotopic (exact) mass is 411 g/mol. The average Bonchev–Trinajstić information content (AvgIpc) is 3.41. The Kier molecular flexibility index (Phi) is 5.35. The van der Waals surface area contributed by atoms with Crippen molar-refractivity contribution in [3.05, 3.63) is 57.0 Å². The van der Waals surface area contributed by atoms with Gasteiger partial charge in [-0.3, -0.25) is 4.79 Å². The molecule has 0 amide bonds. The molecule has 0 spiro atoms. The molecule has 0 fully saturated rings. The Hall–Kier alpha value is -3.13. The third-order valence-electron chi connectivity index (χ3n) is 4.36. The molecule has 0 aliphatic carbocycles. The van der Waals surface area contributed by atoms with Crippen LogP contribution in [0.2, 0.25) is 0 Å². The van der Waals surface area contributed by atoms with E-state index in [2.05, 4.69) is 23.9 Å². The van der Waals surface area contributed by atoms with Crippen molar-refractivity contribution < 1.29 is 13.9 Å². The van der Waals surface area contributed by atoms with Gasteiger partial charge in [0.2, 0.25) is 10.8 Å². The summed E-state index contributed by atoms with van der Waals surface area (Å²) in [5, 5.41) is 4.26. The van der Waals surface area contributed by atoms with E-state index in [0.717, 1.165) is 12.0 Å². The summed E-state index contributed by atoms with van der Waals surface area (Å²) in [7, 11) is 1.60. The maximum absolute atomic E-state index is 12.7. The van der Waals surface area contributed by atoms with Crippen molar-refractivity contribution in [1.82, 2.24) is 14.6 Å². The summed E-state index contributed by atoms with van der Waals surface area (Å²) in [6.45, 7) is 4.94. The summed E-state index contributed by atoms with van der Waals surface area (Å²) in [6, 6.07) is 9.13. The van der Waals surface area contributed by atoms with Gasteiger partial charge in [-0.05, 0) is 48.2 Å². The maximum Gasteiger partial charge on any atom is 0.291 e. The Morgan fingerprint density at radius 1 is 1.28 bits per heavy atom. The molecule has 29 heavy (non-hydrogen) atoms. The molecule has 3 heterocycles. The number of ether oxygens (including phenoxy) is 2. The molecule has 0 atom stereocenters. The predicted molar refractivity (Wildman–Crippen MR) is 112 cm³/mol. The summed E-state index contributed by atoms with van der Waals surface area (Å²) in [5.74, 6) is 2.83. The molecule has 0 saturated heterocycles. The van der Waals surface area contributed by atoms with Gasteiger partial charge in [-0.1, -0.05) is 31.3 Å². The molecule has 0 unspecified atom stereocenters. The van der Waals surface area contributed by atoms with E-state index in [0.29, 0.717) is 45.1 Å². The van der Waals surface area contributed by atoms with Crippen LogP contribution in [-0.2, 0) is 0 Å². The number of fused-ring (bicyclic) bond motifs is 1. The van der Waals surface area contributed by atoms with Crippen LogP contribution >= 0.6 is 11.3 Å². The zero-order valence-corrected chi connectivity index (χ0v) is 17.2. The molecule has 8 heteroatoms. The van der Waals surface area contributed by atoms with Crippen molar-refractivity contribution in [2.24, 2.45) is 5.92 Å². The zero-order valence-electron chi connectivity index (χ0n) is 16.4. The number of benzene rings is 1. The standard InChI is InChI=1S/C21H21N3O4S/c1-13(2)8-10-28-15-7-6-14(11-17(15)26-3)12-18-20(25)24-21(29-18)22-19(23-24)16-5-4-9-27-16/h4-7,9,11-13H,8,10H2,1-3H3. The summed E-state index contributed by atoms with van der Waals surface area (Å²) in [4.78, 5) is 17.6. The molecule has 0 saturated carbocycles. The lowest BCUT2D eigenvalue weighted by molar-refractivity contribution is 0.273. The number of hydrogen-bond donors (Lipinski definition) is 0. The topological polar surface area (TPSA) is 78.9 Å². The van der Waals surface area contributed by atoms with Crippen LogP contribution < -0.4 is 19.6 Å². The molecule has 4 rings (SSSR count). The minimum atomic E-state index is -0.216. The highest BCUT2D eigenvalue weighted by Crippen LogP contribution is 2.28. The van der Waals surface area contributed by atoms with Crippen LogP contribution in [0.1, 0.15) is 25.8 Å². The van der Waals surface area contributed by atoms with Crippen LogP contribution in [0.15, 0.2) is 45.8 Å². The van der Waals surface area contributed by atoms with Gasteiger partial charge in [-0.25, -0.2) is 0 Å². The van der Waals surface area contributed by atoms with Crippen LogP contribution in [0.4, 0.5) is 0 Å². The molecule has 0 aliphatic rings. The van der Waals surface area contributed by atoms with E-state index in [1.165, 1.54) is 15.9 Å². The lowest BCUT2D eigenvalue weighted by Gasteiger charge is -2.12. The van der Waals surface area contributed by atoms with E-state index in [4.69, 9.17) is 13.9 Å². The molecular weight excluding hydrogens is 390 g/mol. The van der Waals surface area contributed by atoms with Crippen molar-refractivity contribution in [1.29, 1.82) is 0 Å². The SMILES string of the molecule is COc1cc(C=c2sc3nc(-c4ccco4)nn3c2=O)ccc1OCCC(C)C. The number of thiazole rings is 1. The van der Waals surface area contributed by atoms with Gasteiger partial charge in [0.1, 0.15) is 0 Å². The lowest BCUT2D eigenvalue weighted by Crippen LogP contribution is -2.23. The van der Waals surface area contributed by atoms with Crippen LogP contribution in [0.25, 0.3) is 22.6 Å². The van der Waals surface area contributed by atoms with Gasteiger partial charge in [-0.15, -0.1) is 5.10 Å². The van der Waals surface area contributed by atoms with Crippen LogP contribution in [0, 0.1) is 5.92 Å². The highest BCUT2D eigenvalue weighted by Gasteiger charge is 2.14. The predicted octanol–water partition coefficient (Wildman–Crippen LogP) is 3.39. The lowest BCUT2D eigenvalue weighted by atomic mass is 10.1. The Balaban J connectivity index is 1.63. The van der Waals surface area contributed by atoms with Crippen molar-refractivity contribution in [3.8, 4) is 23.1 Å². The summed E-state index contributed by atoms with van der Waals surface area (Å²) < 4.78 is 18.4. The van der Waals surface area contributed by atoms with E-state index in [-0.39, 0.29) is 5.56 Å². The first kappa shape index (κ1) is 19.2. The number of hydrogen-bond acceptors (Lipinski definition) is 7. The normalized spacial score (nSPS) is 12.2. The minimum absolute atomic E-state index is 0.216. The van der Waals surface area contributed by atoms with Gasteiger partial charge in [0.05, 0.1) is 24.5 Å². The fourth-order valence-corrected chi connectivity index (χ4v) is 3.70. The van der Waals surface area contributed by atoms with Crippen LogP contribution in [0.5, 0.6) is 11.5 Å². The second-order valence-electron chi connectivity index (χ2n) is 6.96. The quantitative estimate of drug-likeness (QED) is 0.464.